The van der Waals surface area contributed by atoms with Gasteiger partial charge in [-0.15, -0.1) is 13.2 Å². The lowest BCUT2D eigenvalue weighted by Gasteiger charge is -2.40. The van der Waals surface area contributed by atoms with Crippen LogP contribution in [0.4, 0.5) is 13.2 Å². The fraction of sp³-hybridized carbons (Fsp3) is 0.350. The Labute approximate surface area is 171 Å². The number of likely N-dealkylation sites (N-methyl/N-ethyl adjacent to an activating group) is 1. The number of ether oxygens (including phenoxy) is 2. The van der Waals surface area contributed by atoms with Crippen LogP contribution in [-0.2, 0) is 10.3 Å². The quantitative estimate of drug-likeness (QED) is 0.800. The van der Waals surface area contributed by atoms with Crippen LogP contribution in [0.2, 0.25) is 0 Å². The first-order valence-electron chi connectivity index (χ1n) is 9.13. The summed E-state index contributed by atoms with van der Waals surface area (Å²) in [7, 11) is 1.49. The summed E-state index contributed by atoms with van der Waals surface area (Å²) < 4.78 is 47.4. The van der Waals surface area contributed by atoms with Gasteiger partial charge in [0.25, 0.3) is 0 Å². The number of rotatable bonds is 5. The van der Waals surface area contributed by atoms with Gasteiger partial charge >= 0.3 is 6.36 Å². The smallest absolute Gasteiger partial charge is 0.478 e. The Morgan fingerprint density at radius 2 is 2.00 bits per heavy atom. The number of guanidine groups is 1. The van der Waals surface area contributed by atoms with Crippen molar-refractivity contribution in [3.8, 4) is 11.6 Å². The number of carbonyl (C=O) groups excluding carboxylic acids is 1. The zero-order valence-electron chi connectivity index (χ0n) is 16.6. The molecule has 1 aromatic carbocycles. The molecule has 1 aliphatic heterocycles. The van der Waals surface area contributed by atoms with E-state index >= 15 is 0 Å². The zero-order chi connectivity index (χ0) is 22.1. The van der Waals surface area contributed by atoms with Crippen molar-refractivity contribution in [3.63, 3.8) is 0 Å². The van der Waals surface area contributed by atoms with E-state index < -0.39 is 23.6 Å². The summed E-state index contributed by atoms with van der Waals surface area (Å²) in [6, 6.07) is 8.67. The van der Waals surface area contributed by atoms with E-state index in [0.717, 1.165) is 0 Å². The fourth-order valence-electron chi connectivity index (χ4n) is 3.43. The highest BCUT2D eigenvalue weighted by atomic mass is 19.4. The molecule has 0 saturated carbocycles. The van der Waals surface area contributed by atoms with Crippen LogP contribution in [0.3, 0.4) is 0 Å². The van der Waals surface area contributed by atoms with Crippen molar-refractivity contribution < 1.29 is 27.4 Å². The molecule has 1 aliphatic rings. The van der Waals surface area contributed by atoms with Gasteiger partial charge in [-0.05, 0) is 37.1 Å². The molecular weight excluding hydrogens is 401 g/mol. The Bertz CT molecular complexity index is 963. The van der Waals surface area contributed by atoms with E-state index in [1.165, 1.54) is 36.3 Å². The second-order valence-electron chi connectivity index (χ2n) is 6.89. The van der Waals surface area contributed by atoms with Gasteiger partial charge in [0.15, 0.2) is 5.96 Å². The SMILES string of the molecule is CCOc1ccc([C@@H]2C(=O)N(C)C(N)=N[C@]2(C)c2cccc(OC(F)(F)F)c2)cn1. The van der Waals surface area contributed by atoms with Crippen molar-refractivity contribution >= 4 is 11.9 Å². The van der Waals surface area contributed by atoms with Crippen molar-refractivity contribution in [2.45, 2.75) is 31.7 Å². The second-order valence-corrected chi connectivity index (χ2v) is 6.89. The Hall–Kier alpha value is -3.30. The van der Waals surface area contributed by atoms with Gasteiger partial charge in [-0.1, -0.05) is 18.2 Å². The van der Waals surface area contributed by atoms with E-state index in [1.54, 1.807) is 25.1 Å². The number of hydrogen-bond acceptors (Lipinski definition) is 6. The molecule has 1 aromatic heterocycles. The topological polar surface area (TPSA) is 90.0 Å². The molecule has 2 heterocycles. The molecule has 0 bridgehead atoms. The number of nitrogens with zero attached hydrogens (tertiary/aromatic N) is 3. The number of hydrogen-bond donors (Lipinski definition) is 1. The Kier molecular flexibility index (Phi) is 5.60. The van der Waals surface area contributed by atoms with Crippen LogP contribution < -0.4 is 15.2 Å². The highest BCUT2D eigenvalue weighted by molar-refractivity contribution is 6.02. The summed E-state index contributed by atoms with van der Waals surface area (Å²) >= 11 is 0. The molecule has 0 radical (unpaired) electrons. The molecule has 3 rings (SSSR count). The first kappa shape index (κ1) is 21.4. The van der Waals surface area contributed by atoms with Crippen LogP contribution in [0.5, 0.6) is 11.6 Å². The van der Waals surface area contributed by atoms with E-state index in [9.17, 15) is 18.0 Å². The highest BCUT2D eigenvalue weighted by Crippen LogP contribution is 2.44. The first-order chi connectivity index (χ1) is 14.0. The van der Waals surface area contributed by atoms with Crippen LogP contribution >= 0.6 is 0 Å². The third kappa shape index (κ3) is 4.17. The lowest BCUT2D eigenvalue weighted by Crippen LogP contribution is -2.52. The normalized spacial score (nSPS) is 21.9. The highest BCUT2D eigenvalue weighted by Gasteiger charge is 2.47. The van der Waals surface area contributed by atoms with Crippen molar-refractivity contribution in [2.24, 2.45) is 10.7 Å². The van der Waals surface area contributed by atoms with E-state index in [-0.39, 0.29) is 11.9 Å². The van der Waals surface area contributed by atoms with Crippen molar-refractivity contribution in [3.05, 3.63) is 53.7 Å². The van der Waals surface area contributed by atoms with Crippen LogP contribution in [0.1, 0.15) is 30.9 Å². The Morgan fingerprint density at radius 1 is 1.27 bits per heavy atom. The molecule has 2 N–H and O–H groups in total. The first-order valence-corrected chi connectivity index (χ1v) is 9.13. The molecule has 2 aromatic rings. The molecule has 160 valence electrons. The standard InChI is InChI=1S/C20H21F3N4O3/c1-4-29-15-9-8-12(11-25-15)16-17(28)27(3)18(24)26-19(16,2)13-6-5-7-14(10-13)30-20(21,22)23/h5-11,16H,4H2,1-3H3,(H2,24,26)/t16-,19-/m1/s1. The molecule has 0 saturated heterocycles. The van der Waals surface area contributed by atoms with E-state index in [2.05, 4.69) is 14.7 Å². The number of aromatic nitrogens is 1. The van der Waals surface area contributed by atoms with Crippen molar-refractivity contribution in [2.75, 3.05) is 13.7 Å². The van der Waals surface area contributed by atoms with Gasteiger partial charge in [-0.3, -0.25) is 9.69 Å². The molecule has 10 heteroatoms. The fourth-order valence-corrected chi connectivity index (χ4v) is 3.43. The predicted molar refractivity (Wildman–Crippen MR) is 103 cm³/mol. The maximum absolute atomic E-state index is 13.1. The number of alkyl halides is 3. The number of pyridine rings is 1. The van der Waals surface area contributed by atoms with Gasteiger partial charge in [0.05, 0.1) is 12.5 Å². The minimum absolute atomic E-state index is 0.0419. The van der Waals surface area contributed by atoms with Crippen molar-refractivity contribution in [1.29, 1.82) is 0 Å². The minimum Gasteiger partial charge on any atom is -0.478 e. The molecule has 0 fully saturated rings. The monoisotopic (exact) mass is 422 g/mol. The van der Waals surface area contributed by atoms with Gasteiger partial charge in [0, 0.05) is 19.3 Å². The molecule has 0 aliphatic carbocycles. The molecule has 7 nitrogen and oxygen atoms in total. The Morgan fingerprint density at radius 3 is 2.60 bits per heavy atom. The zero-order valence-corrected chi connectivity index (χ0v) is 16.6. The Balaban J connectivity index is 2.10. The third-order valence-corrected chi connectivity index (χ3v) is 4.87. The second kappa shape index (κ2) is 7.85. The summed E-state index contributed by atoms with van der Waals surface area (Å²) in [6.45, 7) is 3.89. The molecule has 0 unspecified atom stereocenters. The van der Waals surface area contributed by atoms with Gasteiger partial charge in [0.2, 0.25) is 11.8 Å². The number of benzene rings is 1. The minimum atomic E-state index is -4.84. The summed E-state index contributed by atoms with van der Waals surface area (Å²) in [4.78, 5) is 23.0. The average molecular weight is 422 g/mol. The van der Waals surface area contributed by atoms with Gasteiger partial charge < -0.3 is 15.2 Å². The van der Waals surface area contributed by atoms with Crippen molar-refractivity contribution in [1.82, 2.24) is 9.88 Å². The molecular formula is C20H21F3N4O3. The average Bonchev–Trinajstić information content (AvgIpc) is 2.67. The van der Waals surface area contributed by atoms with E-state index in [0.29, 0.717) is 23.6 Å². The molecule has 30 heavy (non-hydrogen) atoms. The lowest BCUT2D eigenvalue weighted by molar-refractivity contribution is -0.274. The summed E-state index contributed by atoms with van der Waals surface area (Å²) in [5.74, 6) is -1.30. The predicted octanol–water partition coefficient (Wildman–Crippen LogP) is 3.16. The molecule has 0 spiro atoms. The lowest BCUT2D eigenvalue weighted by atomic mass is 9.75. The molecule has 1 amide bonds. The van der Waals surface area contributed by atoms with Gasteiger partial charge in [0.1, 0.15) is 11.3 Å². The summed E-state index contributed by atoms with van der Waals surface area (Å²) in [5, 5.41) is 0. The van der Waals surface area contributed by atoms with Crippen LogP contribution in [0.25, 0.3) is 0 Å². The van der Waals surface area contributed by atoms with Gasteiger partial charge in [-0.2, -0.15) is 0 Å². The number of aliphatic imine (C=N–C) groups is 1. The summed E-state index contributed by atoms with van der Waals surface area (Å²) in [5.41, 5.74) is 5.51. The maximum Gasteiger partial charge on any atom is 0.573 e. The molecule has 2 atom stereocenters. The number of halogens is 3. The van der Waals surface area contributed by atoms with E-state index in [4.69, 9.17) is 10.5 Å². The number of carbonyl (C=O) groups is 1. The summed E-state index contributed by atoms with van der Waals surface area (Å²) in [6.07, 6.45) is -3.35. The van der Waals surface area contributed by atoms with Gasteiger partial charge in [-0.25, -0.2) is 9.98 Å². The van der Waals surface area contributed by atoms with Crippen LogP contribution in [0.15, 0.2) is 47.6 Å². The number of nitrogens with two attached hydrogens (primary N) is 1. The third-order valence-electron chi connectivity index (χ3n) is 4.87. The van der Waals surface area contributed by atoms with Crippen LogP contribution in [0, 0.1) is 0 Å². The number of amides is 1. The van der Waals surface area contributed by atoms with Crippen LogP contribution in [-0.4, -0.2) is 41.8 Å². The largest absolute Gasteiger partial charge is 0.573 e. The van der Waals surface area contributed by atoms with E-state index in [1.807, 2.05) is 6.92 Å². The maximum atomic E-state index is 13.1.